The van der Waals surface area contributed by atoms with Crippen LogP contribution in [0.5, 0.6) is 0 Å². The Kier molecular flexibility index (Phi) is 8.97. The van der Waals surface area contributed by atoms with Crippen molar-refractivity contribution in [2.24, 2.45) is 0 Å². The minimum atomic E-state index is -0.311. The first-order chi connectivity index (χ1) is 20.2. The summed E-state index contributed by atoms with van der Waals surface area (Å²) in [6.45, 7) is 3.55. The molecule has 0 aliphatic carbocycles. The maximum Gasteiger partial charge on any atom is 0.351 e. The molecule has 5 rings (SSSR count). The molecule has 2 amide bonds. The number of fused-ring (bicyclic) bond motifs is 1. The first kappa shape index (κ1) is 29.4. The summed E-state index contributed by atoms with van der Waals surface area (Å²) in [6.07, 6.45) is 0. The molecule has 0 aliphatic rings. The third-order valence-corrected chi connectivity index (χ3v) is 8.67. The Morgan fingerprint density at radius 3 is 1.98 bits per heavy atom. The maximum absolute atomic E-state index is 13.9. The fraction of sp³-hybridized carbons (Fsp3) is 0.125. The van der Waals surface area contributed by atoms with E-state index in [0.717, 1.165) is 11.1 Å². The van der Waals surface area contributed by atoms with Gasteiger partial charge in [0.1, 0.15) is 16.6 Å². The van der Waals surface area contributed by atoms with Crippen molar-refractivity contribution in [3.8, 4) is 5.69 Å². The molecule has 0 spiro atoms. The first-order valence-corrected chi connectivity index (χ1v) is 14.8. The Labute approximate surface area is 257 Å². The van der Waals surface area contributed by atoms with Gasteiger partial charge in [-0.1, -0.05) is 65.7 Å². The second-order valence-corrected chi connectivity index (χ2v) is 11.3. The lowest BCUT2D eigenvalue weighted by atomic mass is 10.2. The van der Waals surface area contributed by atoms with Gasteiger partial charge in [0.05, 0.1) is 5.75 Å². The van der Waals surface area contributed by atoms with Crippen molar-refractivity contribution in [2.45, 2.75) is 25.5 Å². The Bertz CT molecular complexity index is 1880. The van der Waals surface area contributed by atoms with E-state index in [9.17, 15) is 14.4 Å². The van der Waals surface area contributed by atoms with Crippen LogP contribution in [0.3, 0.4) is 0 Å². The predicted octanol–water partition coefficient (Wildman–Crippen LogP) is 6.57. The van der Waals surface area contributed by atoms with E-state index in [-0.39, 0.29) is 29.7 Å². The average molecular weight is 619 g/mol. The molecule has 0 unspecified atom stereocenters. The lowest BCUT2D eigenvalue weighted by Crippen LogP contribution is -2.48. The normalized spacial score (nSPS) is 11.0. The lowest BCUT2D eigenvalue weighted by molar-refractivity contribution is -0.701. The van der Waals surface area contributed by atoms with Crippen molar-refractivity contribution in [2.75, 3.05) is 16.4 Å². The summed E-state index contributed by atoms with van der Waals surface area (Å²) in [6, 6.07) is 26.9. The molecule has 5 aromatic rings. The molecule has 10 heteroatoms. The summed E-state index contributed by atoms with van der Waals surface area (Å²) < 4.78 is 3.31. The van der Waals surface area contributed by atoms with Crippen LogP contribution in [-0.4, -0.2) is 22.1 Å². The van der Waals surface area contributed by atoms with Crippen LogP contribution in [-0.2, 0) is 16.1 Å². The van der Waals surface area contributed by atoms with Crippen LogP contribution in [0.2, 0.25) is 10.0 Å². The van der Waals surface area contributed by atoms with Crippen LogP contribution in [0.25, 0.3) is 16.6 Å². The Balaban J connectivity index is 1.57. The predicted molar refractivity (Wildman–Crippen MR) is 170 cm³/mol. The summed E-state index contributed by atoms with van der Waals surface area (Å²) in [4.78, 5) is 40.5. The SMILES string of the molecule is Cc1c(Cl)cccc1NC(=O)CSc1n(-c2ccccc2)c(=O)c2ccccc2[n+]1CC(=O)Nc1cccc(Cl)c1C. The van der Waals surface area contributed by atoms with Gasteiger partial charge >= 0.3 is 10.7 Å². The van der Waals surface area contributed by atoms with E-state index in [1.165, 1.54) is 11.8 Å². The number of nitrogens with zero attached hydrogens (tertiary/aromatic N) is 2. The minimum absolute atomic E-state index is 0.0222. The molecule has 1 aromatic heterocycles. The summed E-state index contributed by atoms with van der Waals surface area (Å²) >= 11 is 13.7. The molecule has 0 bridgehead atoms. The van der Waals surface area contributed by atoms with E-state index in [1.54, 1.807) is 63.7 Å². The largest absolute Gasteiger partial charge is 0.351 e. The van der Waals surface area contributed by atoms with Crippen molar-refractivity contribution in [3.05, 3.63) is 123 Å². The number of carbonyl (C=O) groups excluding carboxylic acids is 2. The molecule has 4 aromatic carbocycles. The van der Waals surface area contributed by atoms with Crippen molar-refractivity contribution in [3.63, 3.8) is 0 Å². The third-order valence-electron chi connectivity index (χ3n) is 6.78. The van der Waals surface area contributed by atoms with Crippen molar-refractivity contribution < 1.29 is 14.2 Å². The van der Waals surface area contributed by atoms with E-state index in [4.69, 9.17) is 23.2 Å². The highest BCUT2D eigenvalue weighted by atomic mass is 35.5. The quantitative estimate of drug-likeness (QED) is 0.117. The number of amides is 2. The van der Waals surface area contributed by atoms with Crippen LogP contribution < -0.4 is 20.8 Å². The minimum Gasteiger partial charge on any atom is -0.325 e. The van der Waals surface area contributed by atoms with E-state index < -0.39 is 0 Å². The number of benzene rings is 4. The molecule has 0 saturated heterocycles. The first-order valence-electron chi connectivity index (χ1n) is 13.1. The number of para-hydroxylation sites is 2. The Morgan fingerprint density at radius 1 is 0.762 bits per heavy atom. The van der Waals surface area contributed by atoms with Crippen molar-refractivity contribution >= 4 is 69.1 Å². The molecule has 0 aliphatic heterocycles. The zero-order chi connectivity index (χ0) is 29.8. The van der Waals surface area contributed by atoms with Crippen LogP contribution in [0.1, 0.15) is 11.1 Å². The van der Waals surface area contributed by atoms with Crippen LogP contribution in [0, 0.1) is 13.8 Å². The van der Waals surface area contributed by atoms with Gasteiger partial charge in [-0.15, -0.1) is 0 Å². The fourth-order valence-corrected chi connectivity index (χ4v) is 5.87. The van der Waals surface area contributed by atoms with Gasteiger partial charge in [0.2, 0.25) is 5.91 Å². The van der Waals surface area contributed by atoms with E-state index in [0.29, 0.717) is 43.2 Å². The van der Waals surface area contributed by atoms with Gasteiger partial charge in [-0.25, -0.2) is 9.36 Å². The van der Waals surface area contributed by atoms with Crippen LogP contribution in [0.4, 0.5) is 11.4 Å². The monoisotopic (exact) mass is 617 g/mol. The van der Waals surface area contributed by atoms with Gasteiger partial charge in [-0.05, 0) is 85.3 Å². The Morgan fingerprint density at radius 2 is 1.33 bits per heavy atom. The molecule has 7 nitrogen and oxygen atoms in total. The zero-order valence-corrected chi connectivity index (χ0v) is 25.2. The lowest BCUT2D eigenvalue weighted by Gasteiger charge is -2.15. The van der Waals surface area contributed by atoms with Crippen LogP contribution in [0.15, 0.2) is 101 Å². The summed E-state index contributed by atoms with van der Waals surface area (Å²) in [5.41, 5.74) is 3.64. The van der Waals surface area contributed by atoms with E-state index >= 15 is 0 Å². The maximum atomic E-state index is 13.9. The van der Waals surface area contributed by atoms with Crippen molar-refractivity contribution in [1.82, 2.24) is 4.57 Å². The number of rotatable bonds is 8. The number of hydrogen-bond donors (Lipinski definition) is 2. The number of anilines is 2. The van der Waals surface area contributed by atoms with Crippen molar-refractivity contribution in [1.29, 1.82) is 0 Å². The van der Waals surface area contributed by atoms with Crippen LogP contribution >= 0.6 is 35.0 Å². The summed E-state index contributed by atoms with van der Waals surface area (Å²) in [7, 11) is 0. The van der Waals surface area contributed by atoms with Gasteiger partial charge in [-0.3, -0.25) is 9.59 Å². The highest BCUT2D eigenvalue weighted by Crippen LogP contribution is 2.25. The molecule has 0 radical (unpaired) electrons. The molecule has 1 heterocycles. The molecule has 0 atom stereocenters. The highest BCUT2D eigenvalue weighted by molar-refractivity contribution is 7.99. The smallest absolute Gasteiger partial charge is 0.325 e. The number of hydrogen-bond acceptors (Lipinski definition) is 4. The number of halogens is 2. The fourth-order valence-electron chi connectivity index (χ4n) is 4.56. The van der Waals surface area contributed by atoms with E-state index in [2.05, 4.69) is 10.6 Å². The molecule has 42 heavy (non-hydrogen) atoms. The highest BCUT2D eigenvalue weighted by Gasteiger charge is 2.28. The summed E-state index contributed by atoms with van der Waals surface area (Å²) in [5, 5.41) is 7.81. The second kappa shape index (κ2) is 12.8. The number of carbonyl (C=O) groups is 2. The van der Waals surface area contributed by atoms with E-state index in [1.807, 2.05) is 50.2 Å². The second-order valence-electron chi connectivity index (χ2n) is 9.57. The molecule has 0 saturated carbocycles. The molecule has 2 N–H and O–H groups in total. The third kappa shape index (κ3) is 6.21. The zero-order valence-electron chi connectivity index (χ0n) is 22.9. The van der Waals surface area contributed by atoms with Gasteiger partial charge in [-0.2, -0.15) is 4.57 Å². The topological polar surface area (TPSA) is 84.1 Å². The molecule has 212 valence electrons. The van der Waals surface area contributed by atoms with Gasteiger partial charge in [0.15, 0.2) is 6.54 Å². The number of aromatic nitrogens is 2. The number of nitrogens with one attached hydrogen (secondary N) is 2. The molecular formula is C32H27Cl2N4O3S+. The Hall–Kier alpha value is -4.11. The van der Waals surface area contributed by atoms with Gasteiger partial charge in [0.25, 0.3) is 5.91 Å². The molecular weight excluding hydrogens is 591 g/mol. The summed E-state index contributed by atoms with van der Waals surface area (Å²) in [5.74, 6) is -0.614. The van der Waals surface area contributed by atoms with Gasteiger partial charge in [0, 0.05) is 21.4 Å². The molecule has 0 fully saturated rings. The van der Waals surface area contributed by atoms with Gasteiger partial charge < -0.3 is 10.6 Å². The average Bonchev–Trinajstić information content (AvgIpc) is 2.99. The standard InChI is InChI=1S/C32H26Cl2N4O3S/c1-20-24(33)13-8-15-26(20)35-29(39)18-37-28-17-7-6-12-23(28)31(41)38(22-10-4-3-5-11-22)32(37)42-19-30(40)36-27-16-9-14-25(34)21(27)2/h3-17H,18-19H2,1-2H3,(H-,35,36,39,40)/p+1. The number of thioether (sulfide) groups is 1.